The second kappa shape index (κ2) is 9.91. The van der Waals surface area contributed by atoms with Crippen molar-refractivity contribution in [1.82, 2.24) is 9.88 Å². The van der Waals surface area contributed by atoms with E-state index in [0.717, 1.165) is 28.7 Å². The number of carbonyl (C=O) groups is 2. The highest BCUT2D eigenvalue weighted by Crippen LogP contribution is 2.39. The number of hydrogen-bond donors (Lipinski definition) is 0. The highest BCUT2D eigenvalue weighted by molar-refractivity contribution is 6.45. The molecule has 0 saturated heterocycles. The van der Waals surface area contributed by atoms with Crippen molar-refractivity contribution in [2.45, 2.75) is 27.2 Å². The monoisotopic (exact) mass is 455 g/mol. The first-order valence-electron chi connectivity index (χ1n) is 11.4. The largest absolute Gasteiger partial charge is 0.495 e. The van der Waals surface area contributed by atoms with Gasteiger partial charge in [0, 0.05) is 25.5 Å². The predicted molar refractivity (Wildman–Crippen MR) is 134 cm³/mol. The lowest BCUT2D eigenvalue weighted by atomic mass is 10.0. The summed E-state index contributed by atoms with van der Waals surface area (Å²) in [5, 5.41) is 0. The molecule has 1 aromatic heterocycles. The number of hydrogen-bond acceptors (Lipinski definition) is 5. The fraction of sp³-hybridized carbons (Fsp3) is 0.250. The van der Waals surface area contributed by atoms with E-state index >= 15 is 0 Å². The van der Waals surface area contributed by atoms with Crippen molar-refractivity contribution in [3.05, 3.63) is 94.9 Å². The van der Waals surface area contributed by atoms with Crippen LogP contribution in [0.2, 0.25) is 0 Å². The zero-order valence-electron chi connectivity index (χ0n) is 20.0. The third kappa shape index (κ3) is 4.44. The van der Waals surface area contributed by atoms with Gasteiger partial charge in [-0.2, -0.15) is 0 Å². The molecule has 0 spiro atoms. The predicted octanol–water partition coefficient (Wildman–Crippen LogP) is 4.56. The number of methoxy groups -OCH3 is 1. The number of amides is 2. The van der Waals surface area contributed by atoms with Crippen LogP contribution in [-0.4, -0.2) is 41.9 Å². The van der Waals surface area contributed by atoms with Crippen molar-refractivity contribution in [3.8, 4) is 5.75 Å². The lowest BCUT2D eigenvalue weighted by Gasteiger charge is -2.25. The van der Waals surface area contributed by atoms with E-state index in [9.17, 15) is 9.59 Å². The van der Waals surface area contributed by atoms with E-state index in [1.807, 2.05) is 74.2 Å². The summed E-state index contributed by atoms with van der Waals surface area (Å²) in [6, 6.07) is 17.2. The Kier molecular flexibility index (Phi) is 6.77. The molecule has 1 aliphatic rings. The number of rotatable bonds is 8. The minimum atomic E-state index is -0.338. The Morgan fingerprint density at radius 3 is 2.24 bits per heavy atom. The summed E-state index contributed by atoms with van der Waals surface area (Å²) in [7, 11) is 1.54. The lowest BCUT2D eigenvalue weighted by molar-refractivity contribution is -0.120. The van der Waals surface area contributed by atoms with Crippen molar-refractivity contribution in [2.75, 3.05) is 25.1 Å². The Morgan fingerprint density at radius 2 is 1.59 bits per heavy atom. The van der Waals surface area contributed by atoms with Crippen molar-refractivity contribution in [1.29, 1.82) is 0 Å². The minimum absolute atomic E-state index is 0.332. The first kappa shape index (κ1) is 23.2. The second-order valence-electron chi connectivity index (χ2n) is 8.40. The quantitative estimate of drug-likeness (QED) is 0.466. The molecule has 0 unspecified atom stereocenters. The average molecular weight is 456 g/mol. The first-order chi connectivity index (χ1) is 16.4. The summed E-state index contributed by atoms with van der Waals surface area (Å²) in [5.74, 6) is -0.187. The Morgan fingerprint density at radius 1 is 0.912 bits per heavy atom. The number of carbonyl (C=O) groups excluding carboxylic acids is 2. The van der Waals surface area contributed by atoms with Gasteiger partial charge in [-0.05, 0) is 68.1 Å². The van der Waals surface area contributed by atoms with Gasteiger partial charge in [-0.25, -0.2) is 4.90 Å². The van der Waals surface area contributed by atoms with Gasteiger partial charge < -0.3 is 9.64 Å². The van der Waals surface area contributed by atoms with E-state index in [1.54, 1.807) is 25.6 Å². The van der Waals surface area contributed by atoms with Crippen molar-refractivity contribution < 1.29 is 14.3 Å². The molecule has 0 aliphatic carbocycles. The van der Waals surface area contributed by atoms with Crippen LogP contribution >= 0.6 is 0 Å². The third-order valence-corrected chi connectivity index (χ3v) is 6.09. The first-order valence-corrected chi connectivity index (χ1v) is 11.4. The highest BCUT2D eigenvalue weighted by Gasteiger charge is 2.43. The van der Waals surface area contributed by atoms with Gasteiger partial charge in [-0.1, -0.05) is 35.9 Å². The topological polar surface area (TPSA) is 62.7 Å². The van der Waals surface area contributed by atoms with Crippen LogP contribution in [0.1, 0.15) is 29.2 Å². The lowest BCUT2D eigenvalue weighted by Crippen LogP contribution is -2.36. The van der Waals surface area contributed by atoms with Gasteiger partial charge >= 0.3 is 0 Å². The van der Waals surface area contributed by atoms with Gasteiger partial charge in [-0.3, -0.25) is 14.6 Å². The van der Waals surface area contributed by atoms with Crippen LogP contribution < -0.4 is 9.64 Å². The van der Waals surface area contributed by atoms with Crippen LogP contribution in [0.4, 0.5) is 5.69 Å². The number of imide groups is 1. The maximum atomic E-state index is 13.9. The Labute approximate surface area is 200 Å². The molecule has 0 radical (unpaired) electrons. The number of likely N-dealkylation sites (N-methyl/N-ethyl adjacent to an activating group) is 1. The molecule has 2 amide bonds. The maximum Gasteiger partial charge on any atom is 0.282 e. The molecule has 3 aromatic rings. The van der Waals surface area contributed by atoms with Crippen LogP contribution in [-0.2, 0) is 16.0 Å². The van der Waals surface area contributed by atoms with Crippen LogP contribution in [0.5, 0.6) is 5.75 Å². The molecule has 0 N–H and O–H groups in total. The third-order valence-electron chi connectivity index (χ3n) is 6.09. The number of aromatic nitrogens is 1. The van der Waals surface area contributed by atoms with E-state index in [0.29, 0.717) is 35.8 Å². The molecule has 4 rings (SSSR count). The van der Waals surface area contributed by atoms with Gasteiger partial charge in [0.1, 0.15) is 11.4 Å². The summed E-state index contributed by atoms with van der Waals surface area (Å²) in [6.45, 7) is 7.12. The normalized spacial score (nSPS) is 13.6. The number of ether oxygens (including phenoxy) is 1. The SMILES string of the molecule is CCN(CCc1ccncc1)C1=C(c2ccc(C)cc2)C(=O)N(c2cc(C)ccc2OC)C1=O. The molecule has 6 nitrogen and oxygen atoms in total. The molecule has 174 valence electrons. The maximum absolute atomic E-state index is 13.9. The fourth-order valence-electron chi connectivity index (χ4n) is 4.23. The molecular formula is C28H29N3O3. The zero-order chi connectivity index (χ0) is 24.2. The second-order valence-corrected chi connectivity index (χ2v) is 8.40. The molecule has 0 atom stereocenters. The molecule has 6 heteroatoms. The van der Waals surface area contributed by atoms with Crippen LogP contribution in [0.15, 0.2) is 72.7 Å². The number of anilines is 1. The Hall–Kier alpha value is -3.93. The van der Waals surface area contributed by atoms with Crippen LogP contribution in [0.25, 0.3) is 5.57 Å². The molecule has 1 aliphatic heterocycles. The van der Waals surface area contributed by atoms with Crippen molar-refractivity contribution in [2.24, 2.45) is 0 Å². The van der Waals surface area contributed by atoms with Gasteiger partial charge in [0.25, 0.3) is 11.8 Å². The van der Waals surface area contributed by atoms with Crippen molar-refractivity contribution in [3.63, 3.8) is 0 Å². The Bertz CT molecular complexity index is 1230. The van der Waals surface area contributed by atoms with Gasteiger partial charge in [0.2, 0.25) is 0 Å². The van der Waals surface area contributed by atoms with E-state index in [-0.39, 0.29) is 11.8 Å². The van der Waals surface area contributed by atoms with E-state index in [2.05, 4.69) is 4.98 Å². The Balaban J connectivity index is 1.80. The van der Waals surface area contributed by atoms with Gasteiger partial charge in [-0.15, -0.1) is 0 Å². The molecule has 0 fully saturated rings. The van der Waals surface area contributed by atoms with Crippen LogP contribution in [0.3, 0.4) is 0 Å². The van der Waals surface area contributed by atoms with Gasteiger partial charge in [0.05, 0.1) is 18.4 Å². The molecule has 0 bridgehead atoms. The number of pyridine rings is 1. The summed E-state index contributed by atoms with van der Waals surface area (Å²) >= 11 is 0. The van der Waals surface area contributed by atoms with E-state index in [1.165, 1.54) is 4.90 Å². The molecule has 0 saturated carbocycles. The minimum Gasteiger partial charge on any atom is -0.495 e. The number of benzene rings is 2. The van der Waals surface area contributed by atoms with E-state index < -0.39 is 0 Å². The van der Waals surface area contributed by atoms with Crippen LogP contribution in [0, 0.1) is 13.8 Å². The molecule has 2 aromatic carbocycles. The molecule has 34 heavy (non-hydrogen) atoms. The number of nitrogens with zero attached hydrogens (tertiary/aromatic N) is 3. The summed E-state index contributed by atoms with van der Waals surface area (Å²) in [4.78, 5) is 35.1. The van der Waals surface area contributed by atoms with E-state index in [4.69, 9.17) is 4.74 Å². The number of aryl methyl sites for hydroxylation is 2. The van der Waals surface area contributed by atoms with Crippen molar-refractivity contribution >= 4 is 23.1 Å². The zero-order valence-corrected chi connectivity index (χ0v) is 20.0. The summed E-state index contributed by atoms with van der Waals surface area (Å²) in [5.41, 5.74) is 5.19. The highest BCUT2D eigenvalue weighted by atomic mass is 16.5. The fourth-order valence-corrected chi connectivity index (χ4v) is 4.23. The average Bonchev–Trinajstić information content (AvgIpc) is 3.10. The smallest absolute Gasteiger partial charge is 0.282 e. The molecule has 2 heterocycles. The standard InChI is InChI=1S/C28H29N3O3/c1-5-30(17-14-21-12-15-29-16-13-21)26-25(22-9-6-19(2)7-10-22)27(32)31(28(26)33)23-18-20(3)8-11-24(23)34-4/h6-13,15-16,18H,5,14,17H2,1-4H3. The summed E-state index contributed by atoms with van der Waals surface area (Å²) in [6.07, 6.45) is 4.26. The van der Waals surface area contributed by atoms with Gasteiger partial charge in [0.15, 0.2) is 0 Å². The summed E-state index contributed by atoms with van der Waals surface area (Å²) < 4.78 is 5.51. The molecular weight excluding hydrogens is 426 g/mol.